The molecule has 102 valence electrons. The molecule has 1 fully saturated rings. The summed E-state index contributed by atoms with van der Waals surface area (Å²) in [6.45, 7) is 2.24. The molecule has 0 bridgehead atoms. The van der Waals surface area contributed by atoms with E-state index < -0.39 is 5.54 Å². The maximum Gasteiger partial charge on any atom is 0.215 e. The lowest BCUT2D eigenvalue weighted by Gasteiger charge is -2.33. The SMILES string of the molecule is COc1ccc2nc(C3(N)CCCC(C)C3)oc2c1. The Morgan fingerprint density at radius 2 is 2.32 bits per heavy atom. The number of hydrogen-bond donors (Lipinski definition) is 1. The molecule has 3 rings (SSSR count). The lowest BCUT2D eigenvalue weighted by atomic mass is 9.77. The van der Waals surface area contributed by atoms with E-state index in [9.17, 15) is 0 Å². The van der Waals surface area contributed by atoms with Crippen LogP contribution in [0, 0.1) is 5.92 Å². The number of hydrogen-bond acceptors (Lipinski definition) is 4. The Morgan fingerprint density at radius 3 is 3.05 bits per heavy atom. The fraction of sp³-hybridized carbons (Fsp3) is 0.533. The second-order valence-electron chi connectivity index (χ2n) is 5.71. The molecule has 0 aliphatic heterocycles. The first-order valence-electron chi connectivity index (χ1n) is 6.85. The highest BCUT2D eigenvalue weighted by atomic mass is 16.5. The molecule has 1 aliphatic carbocycles. The Hall–Kier alpha value is -1.55. The minimum atomic E-state index is -0.413. The Morgan fingerprint density at radius 1 is 1.47 bits per heavy atom. The maximum atomic E-state index is 6.52. The second-order valence-corrected chi connectivity index (χ2v) is 5.71. The Labute approximate surface area is 112 Å². The largest absolute Gasteiger partial charge is 0.497 e. The number of nitrogens with two attached hydrogens (primary N) is 1. The highest BCUT2D eigenvalue weighted by molar-refractivity contribution is 5.74. The molecule has 2 aromatic rings. The summed E-state index contributed by atoms with van der Waals surface area (Å²) in [6.07, 6.45) is 4.27. The monoisotopic (exact) mass is 260 g/mol. The summed E-state index contributed by atoms with van der Waals surface area (Å²) in [5.74, 6) is 2.07. The number of oxazole rings is 1. The fourth-order valence-corrected chi connectivity index (χ4v) is 3.03. The van der Waals surface area contributed by atoms with Crippen molar-refractivity contribution >= 4 is 11.1 Å². The third-order valence-electron chi connectivity index (χ3n) is 4.05. The van der Waals surface area contributed by atoms with E-state index in [1.807, 2.05) is 18.2 Å². The van der Waals surface area contributed by atoms with Gasteiger partial charge in [-0.2, -0.15) is 0 Å². The van der Waals surface area contributed by atoms with E-state index in [4.69, 9.17) is 14.9 Å². The molecule has 1 aromatic heterocycles. The molecule has 0 amide bonds. The molecular formula is C15H20N2O2. The lowest BCUT2D eigenvalue weighted by molar-refractivity contribution is 0.201. The Balaban J connectivity index is 2.00. The van der Waals surface area contributed by atoms with Crippen molar-refractivity contribution in [3.05, 3.63) is 24.1 Å². The number of ether oxygens (including phenoxy) is 1. The van der Waals surface area contributed by atoms with Crippen LogP contribution in [0.15, 0.2) is 22.6 Å². The topological polar surface area (TPSA) is 61.3 Å². The summed E-state index contributed by atoms with van der Waals surface area (Å²) >= 11 is 0. The molecule has 1 aliphatic rings. The number of fused-ring (bicyclic) bond motifs is 1. The molecule has 4 heteroatoms. The van der Waals surface area contributed by atoms with Gasteiger partial charge in [0.25, 0.3) is 0 Å². The summed E-state index contributed by atoms with van der Waals surface area (Å²) in [6, 6.07) is 5.67. The zero-order valence-corrected chi connectivity index (χ0v) is 11.5. The molecule has 1 heterocycles. The van der Waals surface area contributed by atoms with Crippen molar-refractivity contribution in [3.8, 4) is 5.75 Å². The van der Waals surface area contributed by atoms with Crippen LogP contribution in [0.4, 0.5) is 0 Å². The second kappa shape index (κ2) is 4.53. The molecule has 0 spiro atoms. The van der Waals surface area contributed by atoms with Gasteiger partial charge in [-0.25, -0.2) is 4.98 Å². The van der Waals surface area contributed by atoms with Crippen molar-refractivity contribution in [2.24, 2.45) is 11.7 Å². The third-order valence-corrected chi connectivity index (χ3v) is 4.05. The first-order valence-corrected chi connectivity index (χ1v) is 6.85. The van der Waals surface area contributed by atoms with Crippen LogP contribution < -0.4 is 10.5 Å². The smallest absolute Gasteiger partial charge is 0.215 e. The minimum absolute atomic E-state index is 0.413. The number of aromatic nitrogens is 1. The number of rotatable bonds is 2. The van der Waals surface area contributed by atoms with Crippen LogP contribution in [0.1, 0.15) is 38.5 Å². The average Bonchev–Trinajstić information content (AvgIpc) is 2.81. The first kappa shape index (κ1) is 12.5. The molecule has 0 radical (unpaired) electrons. The zero-order chi connectivity index (χ0) is 13.5. The van der Waals surface area contributed by atoms with Crippen molar-refractivity contribution in [1.82, 2.24) is 4.98 Å². The van der Waals surface area contributed by atoms with E-state index in [0.717, 1.165) is 36.1 Å². The zero-order valence-electron chi connectivity index (χ0n) is 11.5. The average molecular weight is 260 g/mol. The molecule has 2 unspecified atom stereocenters. The molecule has 1 aromatic carbocycles. The predicted molar refractivity (Wildman–Crippen MR) is 74.1 cm³/mol. The van der Waals surface area contributed by atoms with Gasteiger partial charge in [0, 0.05) is 6.07 Å². The van der Waals surface area contributed by atoms with Crippen molar-refractivity contribution in [3.63, 3.8) is 0 Å². The van der Waals surface area contributed by atoms with Crippen molar-refractivity contribution in [1.29, 1.82) is 0 Å². The summed E-state index contributed by atoms with van der Waals surface area (Å²) in [5.41, 5.74) is 7.70. The van der Waals surface area contributed by atoms with Gasteiger partial charge >= 0.3 is 0 Å². The van der Waals surface area contributed by atoms with Gasteiger partial charge in [-0.05, 0) is 30.9 Å². The van der Waals surface area contributed by atoms with E-state index in [1.54, 1.807) is 7.11 Å². The quantitative estimate of drug-likeness (QED) is 0.900. The summed E-state index contributed by atoms with van der Waals surface area (Å²) in [4.78, 5) is 4.57. The Bertz CT molecular complexity index is 593. The van der Waals surface area contributed by atoms with E-state index in [1.165, 1.54) is 6.42 Å². The molecule has 2 N–H and O–H groups in total. The third kappa shape index (κ3) is 2.21. The first-order chi connectivity index (χ1) is 9.10. The molecule has 1 saturated carbocycles. The normalized spacial score (nSPS) is 27.6. The van der Waals surface area contributed by atoms with Crippen LogP contribution in [0.5, 0.6) is 5.75 Å². The van der Waals surface area contributed by atoms with E-state index in [-0.39, 0.29) is 0 Å². The van der Waals surface area contributed by atoms with Gasteiger partial charge < -0.3 is 14.9 Å². The van der Waals surface area contributed by atoms with Gasteiger partial charge in [-0.15, -0.1) is 0 Å². The maximum absolute atomic E-state index is 6.52. The molecule has 0 saturated heterocycles. The summed E-state index contributed by atoms with van der Waals surface area (Å²) < 4.78 is 11.1. The summed E-state index contributed by atoms with van der Waals surface area (Å²) in [5, 5.41) is 0. The van der Waals surface area contributed by atoms with Gasteiger partial charge in [0.05, 0.1) is 12.6 Å². The summed E-state index contributed by atoms with van der Waals surface area (Å²) in [7, 11) is 1.64. The van der Waals surface area contributed by atoms with Crippen LogP contribution in [0.2, 0.25) is 0 Å². The molecule has 19 heavy (non-hydrogen) atoms. The fourth-order valence-electron chi connectivity index (χ4n) is 3.03. The van der Waals surface area contributed by atoms with E-state index in [2.05, 4.69) is 11.9 Å². The molecule has 2 atom stereocenters. The lowest BCUT2D eigenvalue weighted by Crippen LogP contribution is -2.41. The van der Waals surface area contributed by atoms with Crippen LogP contribution in [-0.4, -0.2) is 12.1 Å². The highest BCUT2D eigenvalue weighted by Gasteiger charge is 2.37. The van der Waals surface area contributed by atoms with E-state index >= 15 is 0 Å². The van der Waals surface area contributed by atoms with Crippen LogP contribution in [-0.2, 0) is 5.54 Å². The van der Waals surface area contributed by atoms with Gasteiger partial charge in [0.2, 0.25) is 5.89 Å². The minimum Gasteiger partial charge on any atom is -0.497 e. The van der Waals surface area contributed by atoms with Gasteiger partial charge in [-0.1, -0.05) is 19.8 Å². The number of benzene rings is 1. The molecule has 4 nitrogen and oxygen atoms in total. The standard InChI is InChI=1S/C15H20N2O2/c1-10-4-3-7-15(16,9-10)14-17-12-6-5-11(18-2)8-13(12)19-14/h5-6,8,10H,3-4,7,9,16H2,1-2H3. The van der Waals surface area contributed by atoms with Gasteiger partial charge in [0.1, 0.15) is 11.3 Å². The Kier molecular flexibility index (Phi) is 2.97. The number of methoxy groups -OCH3 is 1. The van der Waals surface area contributed by atoms with Crippen molar-refractivity contribution in [2.75, 3.05) is 7.11 Å². The van der Waals surface area contributed by atoms with E-state index in [0.29, 0.717) is 11.8 Å². The van der Waals surface area contributed by atoms with Crippen LogP contribution in [0.3, 0.4) is 0 Å². The van der Waals surface area contributed by atoms with Gasteiger partial charge in [-0.3, -0.25) is 0 Å². The van der Waals surface area contributed by atoms with Crippen molar-refractivity contribution < 1.29 is 9.15 Å². The van der Waals surface area contributed by atoms with Crippen molar-refractivity contribution in [2.45, 2.75) is 38.1 Å². The highest BCUT2D eigenvalue weighted by Crippen LogP contribution is 2.38. The van der Waals surface area contributed by atoms with Crippen LogP contribution >= 0.6 is 0 Å². The number of nitrogens with zero attached hydrogens (tertiary/aromatic N) is 1. The van der Waals surface area contributed by atoms with Gasteiger partial charge in [0.15, 0.2) is 5.58 Å². The molecular weight excluding hydrogens is 240 g/mol. The predicted octanol–water partition coefficient (Wildman–Crippen LogP) is 3.20. The van der Waals surface area contributed by atoms with Crippen LogP contribution in [0.25, 0.3) is 11.1 Å².